The molecule has 0 saturated heterocycles. The van der Waals surface area contributed by atoms with Gasteiger partial charge in [0.05, 0.1) is 29.5 Å². The monoisotopic (exact) mass is 409 g/mol. The van der Waals surface area contributed by atoms with Gasteiger partial charge in [0, 0.05) is 17.6 Å². The quantitative estimate of drug-likeness (QED) is 0.435. The number of nitrogens with zero attached hydrogens (tertiary/aromatic N) is 3. The molecule has 0 aliphatic heterocycles. The Morgan fingerprint density at radius 1 is 1.14 bits per heavy atom. The van der Waals surface area contributed by atoms with E-state index in [0.29, 0.717) is 13.2 Å². The Morgan fingerprint density at radius 2 is 2.03 bits per heavy atom. The number of aliphatic imine (C=N–C) groups is 1. The smallest absolute Gasteiger partial charge is 0.191 e. The van der Waals surface area contributed by atoms with E-state index in [9.17, 15) is 0 Å². The van der Waals surface area contributed by atoms with Crippen LogP contribution in [0.25, 0.3) is 0 Å². The van der Waals surface area contributed by atoms with E-state index in [4.69, 9.17) is 9.73 Å². The molecule has 0 bridgehead atoms. The second-order valence-corrected chi connectivity index (χ2v) is 7.84. The highest BCUT2D eigenvalue weighted by molar-refractivity contribution is 7.11. The third kappa shape index (κ3) is 6.57. The predicted molar refractivity (Wildman–Crippen MR) is 118 cm³/mol. The lowest BCUT2D eigenvalue weighted by molar-refractivity contribution is 0.301. The van der Waals surface area contributed by atoms with Crippen LogP contribution in [0.4, 0.5) is 0 Å². The van der Waals surface area contributed by atoms with Gasteiger partial charge in [0.1, 0.15) is 12.4 Å². The first-order chi connectivity index (χ1) is 14.1. The zero-order chi connectivity index (χ0) is 20.5. The zero-order valence-electron chi connectivity index (χ0n) is 17.1. The fourth-order valence-corrected chi connectivity index (χ4v) is 3.66. The number of ether oxygens (including phenoxy) is 1. The number of aryl methyl sites for hydroxylation is 2. The Balaban J connectivity index is 1.59. The summed E-state index contributed by atoms with van der Waals surface area (Å²) in [7, 11) is 0. The first-order valence-electron chi connectivity index (χ1n) is 9.70. The van der Waals surface area contributed by atoms with Gasteiger partial charge in [-0.1, -0.05) is 18.2 Å². The van der Waals surface area contributed by atoms with Crippen molar-refractivity contribution < 1.29 is 4.74 Å². The van der Waals surface area contributed by atoms with Crippen LogP contribution in [0, 0.1) is 13.8 Å². The SMILES string of the molecule is CCNC(=NCc1cccc(OCc2ccccn2)c1)NCc1sc(C)nc1C. The predicted octanol–water partition coefficient (Wildman–Crippen LogP) is 3.99. The molecule has 2 heterocycles. The average Bonchev–Trinajstić information content (AvgIpc) is 3.06. The van der Waals surface area contributed by atoms with Gasteiger partial charge in [-0.25, -0.2) is 9.98 Å². The summed E-state index contributed by atoms with van der Waals surface area (Å²) in [5.74, 6) is 1.61. The van der Waals surface area contributed by atoms with Crippen LogP contribution in [0.15, 0.2) is 53.7 Å². The van der Waals surface area contributed by atoms with Gasteiger partial charge in [0.25, 0.3) is 0 Å². The minimum absolute atomic E-state index is 0.450. The highest BCUT2D eigenvalue weighted by atomic mass is 32.1. The van der Waals surface area contributed by atoms with Crippen LogP contribution in [0.1, 0.15) is 33.8 Å². The third-order valence-electron chi connectivity index (χ3n) is 4.19. The van der Waals surface area contributed by atoms with Crippen LogP contribution >= 0.6 is 11.3 Å². The highest BCUT2D eigenvalue weighted by Gasteiger charge is 2.06. The van der Waals surface area contributed by atoms with Crippen molar-refractivity contribution in [2.24, 2.45) is 4.99 Å². The lowest BCUT2D eigenvalue weighted by Crippen LogP contribution is -2.36. The molecule has 7 heteroatoms. The molecule has 29 heavy (non-hydrogen) atoms. The molecule has 1 aromatic carbocycles. The lowest BCUT2D eigenvalue weighted by atomic mass is 10.2. The molecular formula is C22H27N5OS. The van der Waals surface area contributed by atoms with Crippen LogP contribution in [0.3, 0.4) is 0 Å². The van der Waals surface area contributed by atoms with Gasteiger partial charge < -0.3 is 15.4 Å². The van der Waals surface area contributed by atoms with E-state index in [1.165, 1.54) is 4.88 Å². The summed E-state index contributed by atoms with van der Waals surface area (Å²) in [4.78, 5) is 14.7. The maximum atomic E-state index is 5.86. The van der Waals surface area contributed by atoms with Crippen molar-refractivity contribution in [2.45, 2.75) is 40.5 Å². The van der Waals surface area contributed by atoms with Crippen molar-refractivity contribution in [3.05, 3.63) is 75.5 Å². The maximum absolute atomic E-state index is 5.86. The molecule has 3 rings (SSSR count). The Labute approximate surface area is 176 Å². The van der Waals surface area contributed by atoms with E-state index in [1.54, 1.807) is 17.5 Å². The highest BCUT2D eigenvalue weighted by Crippen LogP contribution is 2.17. The number of hydrogen-bond acceptors (Lipinski definition) is 5. The number of pyridine rings is 1. The number of hydrogen-bond donors (Lipinski definition) is 2. The molecule has 0 spiro atoms. The van der Waals surface area contributed by atoms with Crippen molar-refractivity contribution >= 4 is 17.3 Å². The van der Waals surface area contributed by atoms with Crippen molar-refractivity contribution in [1.29, 1.82) is 0 Å². The largest absolute Gasteiger partial charge is 0.487 e. The summed E-state index contributed by atoms with van der Waals surface area (Å²) in [6, 6.07) is 13.8. The Kier molecular flexibility index (Phi) is 7.58. The fourth-order valence-electron chi connectivity index (χ4n) is 2.79. The van der Waals surface area contributed by atoms with E-state index in [0.717, 1.165) is 46.8 Å². The minimum Gasteiger partial charge on any atom is -0.487 e. The van der Waals surface area contributed by atoms with Crippen LogP contribution in [-0.2, 0) is 19.7 Å². The first kappa shape index (κ1) is 20.8. The molecule has 152 valence electrons. The molecule has 0 saturated carbocycles. The van der Waals surface area contributed by atoms with E-state index < -0.39 is 0 Å². The second kappa shape index (κ2) is 10.6. The number of aromatic nitrogens is 2. The fraction of sp³-hybridized carbons (Fsp3) is 0.318. The van der Waals surface area contributed by atoms with Gasteiger partial charge in [-0.05, 0) is 50.6 Å². The summed E-state index contributed by atoms with van der Waals surface area (Å²) in [6.45, 7) is 8.67. The van der Waals surface area contributed by atoms with Crippen LogP contribution in [-0.4, -0.2) is 22.5 Å². The average molecular weight is 410 g/mol. The third-order valence-corrected chi connectivity index (χ3v) is 5.26. The van der Waals surface area contributed by atoms with Crippen LogP contribution < -0.4 is 15.4 Å². The standard InChI is InChI=1S/C22H27N5OS/c1-4-23-22(26-14-21-16(2)27-17(3)29-21)25-13-18-8-7-10-20(12-18)28-15-19-9-5-6-11-24-19/h5-12H,4,13-15H2,1-3H3,(H2,23,25,26). The molecule has 0 atom stereocenters. The number of thiazole rings is 1. The number of benzene rings is 1. The number of nitrogens with one attached hydrogen (secondary N) is 2. The zero-order valence-corrected chi connectivity index (χ0v) is 17.9. The van der Waals surface area contributed by atoms with Crippen LogP contribution in [0.5, 0.6) is 5.75 Å². The van der Waals surface area contributed by atoms with E-state index >= 15 is 0 Å². The topological polar surface area (TPSA) is 71.4 Å². The Bertz CT molecular complexity index is 939. The molecule has 0 aliphatic carbocycles. The Morgan fingerprint density at radius 3 is 2.76 bits per heavy atom. The van der Waals surface area contributed by atoms with Gasteiger partial charge in [-0.3, -0.25) is 4.98 Å². The molecule has 2 N–H and O–H groups in total. The molecule has 0 radical (unpaired) electrons. The van der Waals surface area contributed by atoms with E-state index in [-0.39, 0.29) is 0 Å². The van der Waals surface area contributed by atoms with Crippen LogP contribution in [0.2, 0.25) is 0 Å². The normalized spacial score (nSPS) is 11.3. The first-order valence-corrected chi connectivity index (χ1v) is 10.5. The lowest BCUT2D eigenvalue weighted by Gasteiger charge is -2.11. The van der Waals surface area contributed by atoms with Crippen molar-refractivity contribution in [3.8, 4) is 5.75 Å². The van der Waals surface area contributed by atoms with Crippen molar-refractivity contribution in [2.75, 3.05) is 6.54 Å². The summed E-state index contributed by atoms with van der Waals surface area (Å²) < 4.78 is 5.86. The molecule has 0 fully saturated rings. The van der Waals surface area contributed by atoms with Gasteiger partial charge in [0.2, 0.25) is 0 Å². The second-order valence-electron chi connectivity index (χ2n) is 6.55. The van der Waals surface area contributed by atoms with E-state index in [1.807, 2.05) is 50.2 Å². The molecule has 0 aliphatic rings. The number of guanidine groups is 1. The number of rotatable bonds is 8. The molecule has 6 nitrogen and oxygen atoms in total. The van der Waals surface area contributed by atoms with Gasteiger partial charge in [-0.15, -0.1) is 11.3 Å². The van der Waals surface area contributed by atoms with E-state index in [2.05, 4.69) is 33.6 Å². The molecule has 3 aromatic rings. The molecule has 2 aromatic heterocycles. The molecule has 0 unspecified atom stereocenters. The van der Waals surface area contributed by atoms with Gasteiger partial charge >= 0.3 is 0 Å². The molecule has 0 amide bonds. The van der Waals surface area contributed by atoms with Gasteiger partial charge in [0.15, 0.2) is 5.96 Å². The maximum Gasteiger partial charge on any atom is 0.191 e. The van der Waals surface area contributed by atoms with Gasteiger partial charge in [-0.2, -0.15) is 0 Å². The molecular weight excluding hydrogens is 382 g/mol. The summed E-state index contributed by atoms with van der Waals surface area (Å²) in [5, 5.41) is 7.77. The van der Waals surface area contributed by atoms with Crippen molar-refractivity contribution in [1.82, 2.24) is 20.6 Å². The van der Waals surface area contributed by atoms with Crippen molar-refractivity contribution in [3.63, 3.8) is 0 Å². The minimum atomic E-state index is 0.450. The summed E-state index contributed by atoms with van der Waals surface area (Å²) in [5.41, 5.74) is 3.07. The Hall–Kier alpha value is -2.93. The summed E-state index contributed by atoms with van der Waals surface area (Å²) >= 11 is 1.72. The summed E-state index contributed by atoms with van der Waals surface area (Å²) in [6.07, 6.45) is 1.77.